The molecule has 2 saturated heterocycles. The van der Waals surface area contributed by atoms with Crippen LogP contribution in [0.1, 0.15) is 24.6 Å². The fourth-order valence-corrected chi connectivity index (χ4v) is 4.28. The molecule has 0 amide bonds. The lowest BCUT2D eigenvalue weighted by molar-refractivity contribution is 0.170. The van der Waals surface area contributed by atoms with Gasteiger partial charge in [-0.3, -0.25) is 9.88 Å². The number of pyridine rings is 1. The van der Waals surface area contributed by atoms with Gasteiger partial charge in [-0.1, -0.05) is 11.7 Å². The van der Waals surface area contributed by atoms with E-state index in [9.17, 15) is 0 Å². The first-order valence-corrected chi connectivity index (χ1v) is 9.39. The molecule has 5 heterocycles. The number of aromatic nitrogens is 4. The van der Waals surface area contributed by atoms with Crippen molar-refractivity contribution in [3.63, 3.8) is 0 Å². The third-order valence-electron chi connectivity index (χ3n) is 5.58. The van der Waals surface area contributed by atoms with Gasteiger partial charge in [0.25, 0.3) is 0 Å². The van der Waals surface area contributed by atoms with Crippen molar-refractivity contribution in [3.05, 3.63) is 60.1 Å². The molecule has 0 aromatic carbocycles. The summed E-state index contributed by atoms with van der Waals surface area (Å²) in [6.07, 6.45) is 8.90. The molecule has 2 fully saturated rings. The summed E-state index contributed by atoms with van der Waals surface area (Å²) in [5.41, 5.74) is 1.92. The molecule has 3 aromatic heterocycles. The van der Waals surface area contributed by atoms with E-state index in [1.165, 1.54) is 0 Å². The molecule has 140 valence electrons. The van der Waals surface area contributed by atoms with Gasteiger partial charge >= 0.3 is 5.82 Å². The van der Waals surface area contributed by atoms with E-state index in [4.69, 9.17) is 11.1 Å². The Bertz CT molecular complexity index is 1010. The maximum Gasteiger partial charge on any atom is 0.312 e. The number of fused-ring (bicyclic) bond motifs is 1. The van der Waals surface area contributed by atoms with E-state index in [2.05, 4.69) is 34.8 Å². The molecule has 0 unspecified atom stereocenters. The predicted molar refractivity (Wildman–Crippen MR) is 103 cm³/mol. The molecule has 8 heteroatoms. The zero-order chi connectivity index (χ0) is 18.9. The maximum absolute atomic E-state index is 7.33. The Morgan fingerprint density at radius 1 is 1.14 bits per heavy atom. The van der Waals surface area contributed by atoms with Crippen molar-refractivity contribution in [1.29, 1.82) is 0 Å². The van der Waals surface area contributed by atoms with E-state index < -0.39 is 0 Å². The zero-order valence-electron chi connectivity index (χ0n) is 15.3. The molecular weight excluding hydrogens is 354 g/mol. The van der Waals surface area contributed by atoms with Crippen LogP contribution in [0.2, 0.25) is 0 Å². The van der Waals surface area contributed by atoms with E-state index in [1.54, 1.807) is 24.8 Å². The second-order valence-corrected chi connectivity index (χ2v) is 7.10. The molecule has 2 atom stereocenters. The van der Waals surface area contributed by atoms with Crippen LogP contribution in [0.15, 0.2) is 47.5 Å². The summed E-state index contributed by atoms with van der Waals surface area (Å²) < 4.78 is 5.58. The second kappa shape index (κ2) is 7.02. The van der Waals surface area contributed by atoms with Crippen LogP contribution < -0.4 is 4.90 Å². The van der Waals surface area contributed by atoms with Crippen LogP contribution in [-0.2, 0) is 0 Å². The minimum Gasteiger partial charge on any atom is -0.361 e. The summed E-state index contributed by atoms with van der Waals surface area (Å²) in [7, 11) is 0. The van der Waals surface area contributed by atoms with Gasteiger partial charge in [0.2, 0.25) is 0 Å². The summed E-state index contributed by atoms with van der Waals surface area (Å²) in [6.45, 7) is 9.90. The van der Waals surface area contributed by atoms with Crippen molar-refractivity contribution in [3.8, 4) is 11.3 Å². The molecule has 0 bridgehead atoms. The van der Waals surface area contributed by atoms with Gasteiger partial charge < -0.3 is 14.3 Å². The first-order chi connectivity index (χ1) is 13.8. The third-order valence-corrected chi connectivity index (χ3v) is 5.58. The van der Waals surface area contributed by atoms with Crippen LogP contribution in [0.5, 0.6) is 0 Å². The molecule has 3 aromatic rings. The molecule has 0 saturated carbocycles. The van der Waals surface area contributed by atoms with Crippen LogP contribution in [-0.4, -0.2) is 50.7 Å². The van der Waals surface area contributed by atoms with Crippen molar-refractivity contribution >= 4 is 11.6 Å². The van der Waals surface area contributed by atoms with Gasteiger partial charge in [-0.05, 0) is 25.0 Å². The van der Waals surface area contributed by atoms with Crippen molar-refractivity contribution in [2.45, 2.75) is 24.9 Å². The normalized spacial score (nSPS) is 22.0. The maximum atomic E-state index is 7.33. The number of piperazine rings is 1. The summed E-state index contributed by atoms with van der Waals surface area (Å²) >= 11 is 0. The largest absolute Gasteiger partial charge is 0.361 e. The van der Waals surface area contributed by atoms with E-state index in [1.807, 2.05) is 18.2 Å². The SMILES string of the molecule is [C-]#[N+]c1nccnc1N1CCN2[C@@H](CC[C@@H]2c2cc(-c3cccnc3)on2)C1. The van der Waals surface area contributed by atoms with Crippen LogP contribution >= 0.6 is 0 Å². The topological polar surface area (TPSA) is 75.5 Å². The predicted octanol–water partition coefficient (Wildman–Crippen LogP) is 3.10. The molecule has 0 N–H and O–H groups in total. The highest BCUT2D eigenvalue weighted by molar-refractivity contribution is 5.61. The van der Waals surface area contributed by atoms with Gasteiger partial charge in [0.05, 0.1) is 12.2 Å². The van der Waals surface area contributed by atoms with Gasteiger partial charge in [-0.15, -0.1) is 4.98 Å². The van der Waals surface area contributed by atoms with Crippen LogP contribution in [0, 0.1) is 6.57 Å². The van der Waals surface area contributed by atoms with Crippen molar-refractivity contribution < 1.29 is 4.52 Å². The lowest BCUT2D eigenvalue weighted by Crippen LogP contribution is -2.51. The average Bonchev–Trinajstić information content (AvgIpc) is 3.41. The standard InChI is InChI=1S/C20H19N7O/c1-21-19-20(24-8-7-23-19)26-9-10-27-15(13-26)4-5-17(27)16-11-18(28-25-16)14-3-2-6-22-12-14/h2-3,6-8,11-12,15,17H,4-5,9-10,13H2/t15-,17+/m0/s1. The lowest BCUT2D eigenvalue weighted by atomic mass is 10.1. The van der Waals surface area contributed by atoms with Gasteiger partial charge in [0.15, 0.2) is 11.6 Å². The highest BCUT2D eigenvalue weighted by atomic mass is 16.5. The Labute approximate surface area is 162 Å². The molecular formula is C20H19N7O. The third kappa shape index (κ3) is 2.90. The highest BCUT2D eigenvalue weighted by Gasteiger charge is 2.40. The molecule has 0 radical (unpaired) electrons. The summed E-state index contributed by atoms with van der Waals surface area (Å²) in [4.78, 5) is 20.9. The molecule has 8 nitrogen and oxygen atoms in total. The van der Waals surface area contributed by atoms with Gasteiger partial charge in [-0.2, -0.15) is 0 Å². The number of nitrogens with zero attached hydrogens (tertiary/aromatic N) is 7. The molecule has 2 aliphatic rings. The first-order valence-electron chi connectivity index (χ1n) is 9.39. The first kappa shape index (κ1) is 16.8. The monoisotopic (exact) mass is 373 g/mol. The average molecular weight is 373 g/mol. The Balaban J connectivity index is 1.33. The van der Waals surface area contributed by atoms with Gasteiger partial charge in [-0.25, -0.2) is 4.98 Å². The van der Waals surface area contributed by atoms with Crippen LogP contribution in [0.3, 0.4) is 0 Å². The van der Waals surface area contributed by atoms with Crippen molar-refractivity contribution in [1.82, 2.24) is 25.0 Å². The molecule has 5 rings (SSSR count). The quantitative estimate of drug-likeness (QED) is 0.653. The second-order valence-electron chi connectivity index (χ2n) is 7.10. The molecule has 0 aliphatic carbocycles. The Morgan fingerprint density at radius 3 is 2.93 bits per heavy atom. The van der Waals surface area contributed by atoms with Crippen LogP contribution in [0.25, 0.3) is 16.2 Å². The van der Waals surface area contributed by atoms with Gasteiger partial charge in [0, 0.05) is 49.7 Å². The Hall–Kier alpha value is -3.31. The summed E-state index contributed by atoms with van der Waals surface area (Å²) in [5.74, 6) is 1.83. The van der Waals surface area contributed by atoms with E-state index >= 15 is 0 Å². The number of anilines is 1. The number of rotatable bonds is 3. The van der Waals surface area contributed by atoms with Crippen molar-refractivity contribution in [2.24, 2.45) is 0 Å². The smallest absolute Gasteiger partial charge is 0.312 e. The van der Waals surface area contributed by atoms with E-state index in [0.717, 1.165) is 49.5 Å². The Kier molecular flexibility index (Phi) is 4.22. The number of hydrogen-bond donors (Lipinski definition) is 0. The molecule has 2 aliphatic heterocycles. The summed E-state index contributed by atoms with van der Waals surface area (Å²) in [5, 5.41) is 4.35. The van der Waals surface area contributed by atoms with E-state index in [0.29, 0.717) is 17.7 Å². The van der Waals surface area contributed by atoms with Crippen molar-refractivity contribution in [2.75, 3.05) is 24.5 Å². The lowest BCUT2D eigenvalue weighted by Gasteiger charge is -2.40. The van der Waals surface area contributed by atoms with Crippen LogP contribution in [0.4, 0.5) is 11.6 Å². The fraction of sp³-hybridized carbons (Fsp3) is 0.350. The summed E-state index contributed by atoms with van der Waals surface area (Å²) in [6, 6.07) is 6.59. The molecule has 0 spiro atoms. The fourth-order valence-electron chi connectivity index (χ4n) is 4.28. The minimum absolute atomic E-state index is 0.267. The van der Waals surface area contributed by atoms with Gasteiger partial charge in [0.1, 0.15) is 11.9 Å². The molecule has 28 heavy (non-hydrogen) atoms. The minimum atomic E-state index is 0.267. The van der Waals surface area contributed by atoms with E-state index in [-0.39, 0.29) is 6.04 Å². The zero-order valence-corrected chi connectivity index (χ0v) is 15.3. The highest BCUT2D eigenvalue weighted by Crippen LogP contribution is 2.39. The Morgan fingerprint density at radius 2 is 2.07 bits per heavy atom. The number of hydrogen-bond acceptors (Lipinski definition) is 7.